The van der Waals surface area contributed by atoms with Crippen molar-refractivity contribution >= 4 is 28.1 Å². The maximum atomic E-state index is 12.1. The number of carbonyl (C=O) groups excluding carboxylic acids is 1. The van der Waals surface area contributed by atoms with Crippen molar-refractivity contribution in [2.24, 2.45) is 0 Å². The Hall–Kier alpha value is -1.36. The van der Waals surface area contributed by atoms with Crippen LogP contribution in [0.2, 0.25) is 0 Å². The molecule has 1 fully saturated rings. The Morgan fingerprint density at radius 2 is 1.95 bits per heavy atom. The number of benzene rings is 1. The minimum absolute atomic E-state index is 0.0685. The molecule has 104 valence electrons. The van der Waals surface area contributed by atoms with Crippen LogP contribution in [-0.2, 0) is 15.6 Å². The molecule has 1 aromatic carbocycles. The number of hydrogen-bond donors (Lipinski definition) is 2. The summed E-state index contributed by atoms with van der Waals surface area (Å²) in [6.07, 6.45) is 5.44. The molecule has 0 aliphatic heterocycles. The second-order valence-electron chi connectivity index (χ2n) is 4.92. The highest BCUT2D eigenvalue weighted by atomic mass is 32.2. The molecule has 3 N–H and O–H groups in total. The van der Waals surface area contributed by atoms with Crippen molar-refractivity contribution < 1.29 is 9.00 Å². The molecule has 5 heteroatoms. The molecule has 0 heterocycles. The lowest BCUT2D eigenvalue weighted by Crippen LogP contribution is -2.27. The predicted octanol–water partition coefficient (Wildman–Crippen LogP) is 2.29. The van der Waals surface area contributed by atoms with Crippen molar-refractivity contribution in [2.45, 2.75) is 37.4 Å². The normalized spacial score (nSPS) is 17.9. The lowest BCUT2D eigenvalue weighted by Gasteiger charge is -2.20. The lowest BCUT2D eigenvalue weighted by atomic mass is 10.0. The Morgan fingerprint density at radius 1 is 1.26 bits per heavy atom. The largest absolute Gasteiger partial charge is 0.397 e. The van der Waals surface area contributed by atoms with E-state index in [1.165, 1.54) is 6.42 Å². The lowest BCUT2D eigenvalue weighted by molar-refractivity contribution is -0.113. The van der Waals surface area contributed by atoms with Gasteiger partial charge in [0.2, 0.25) is 5.91 Å². The van der Waals surface area contributed by atoms with E-state index >= 15 is 0 Å². The second kappa shape index (κ2) is 6.70. The van der Waals surface area contributed by atoms with Gasteiger partial charge in [-0.15, -0.1) is 0 Å². The molecule has 19 heavy (non-hydrogen) atoms. The van der Waals surface area contributed by atoms with Crippen molar-refractivity contribution in [3.8, 4) is 0 Å². The van der Waals surface area contributed by atoms with Crippen molar-refractivity contribution in [1.29, 1.82) is 0 Å². The standard InChI is InChI=1S/C14H20N2O2S/c15-12-8-4-5-9-13(12)16-14(17)10-19(18)11-6-2-1-3-7-11/h4-5,8-9,11H,1-3,6-7,10,15H2,(H,16,17). The van der Waals surface area contributed by atoms with Gasteiger partial charge in [-0.1, -0.05) is 31.4 Å². The molecule has 1 unspecified atom stereocenters. The van der Waals surface area contributed by atoms with Gasteiger partial charge in [0.05, 0.1) is 11.4 Å². The number of carbonyl (C=O) groups is 1. The monoisotopic (exact) mass is 280 g/mol. The van der Waals surface area contributed by atoms with E-state index in [0.29, 0.717) is 11.4 Å². The third-order valence-corrected chi connectivity index (χ3v) is 5.19. The molecule has 1 saturated carbocycles. The molecule has 2 rings (SSSR count). The summed E-state index contributed by atoms with van der Waals surface area (Å²) < 4.78 is 12.1. The van der Waals surface area contributed by atoms with E-state index in [1.54, 1.807) is 12.1 Å². The molecule has 1 aromatic rings. The summed E-state index contributed by atoms with van der Waals surface area (Å²) >= 11 is 0. The first-order chi connectivity index (χ1) is 9.16. The van der Waals surface area contributed by atoms with E-state index in [1.807, 2.05) is 12.1 Å². The molecule has 1 aliphatic carbocycles. The zero-order valence-corrected chi connectivity index (χ0v) is 11.7. The smallest absolute Gasteiger partial charge is 0.237 e. The van der Waals surface area contributed by atoms with Gasteiger partial charge >= 0.3 is 0 Å². The van der Waals surface area contributed by atoms with E-state index in [9.17, 15) is 9.00 Å². The van der Waals surface area contributed by atoms with Crippen LogP contribution in [0.15, 0.2) is 24.3 Å². The first kappa shape index (κ1) is 14.1. The number of para-hydroxylation sites is 2. The van der Waals surface area contributed by atoms with Crippen molar-refractivity contribution in [3.05, 3.63) is 24.3 Å². The molecule has 1 aliphatic rings. The average molecular weight is 280 g/mol. The third kappa shape index (κ3) is 4.06. The fourth-order valence-corrected chi connectivity index (χ4v) is 3.80. The summed E-state index contributed by atoms with van der Waals surface area (Å²) in [7, 11) is -1.07. The number of rotatable bonds is 4. The minimum Gasteiger partial charge on any atom is -0.397 e. The van der Waals surface area contributed by atoms with Gasteiger partial charge in [-0.3, -0.25) is 9.00 Å². The number of amides is 1. The summed E-state index contributed by atoms with van der Waals surface area (Å²) in [5.74, 6) is -0.152. The Kier molecular flexibility index (Phi) is 4.96. The van der Waals surface area contributed by atoms with Crippen LogP contribution in [0, 0.1) is 0 Å². The van der Waals surface area contributed by atoms with Gasteiger partial charge in [0.1, 0.15) is 5.75 Å². The second-order valence-corrected chi connectivity index (χ2v) is 6.64. The Bertz CT molecular complexity index is 470. The maximum Gasteiger partial charge on any atom is 0.237 e. The fourth-order valence-electron chi connectivity index (χ4n) is 2.37. The Labute approximate surface area is 116 Å². The molecular formula is C14H20N2O2S. The van der Waals surface area contributed by atoms with Crippen LogP contribution >= 0.6 is 0 Å². The number of hydrogen-bond acceptors (Lipinski definition) is 3. The number of anilines is 2. The van der Waals surface area contributed by atoms with Crippen LogP contribution in [0.25, 0.3) is 0 Å². The van der Waals surface area contributed by atoms with Crippen molar-refractivity contribution in [2.75, 3.05) is 16.8 Å². The zero-order chi connectivity index (χ0) is 13.7. The number of nitrogens with one attached hydrogen (secondary N) is 1. The first-order valence-corrected chi connectivity index (χ1v) is 8.06. The fraction of sp³-hybridized carbons (Fsp3) is 0.500. The van der Waals surface area contributed by atoms with Crippen LogP contribution in [0.1, 0.15) is 32.1 Å². The molecule has 0 saturated heterocycles. The van der Waals surface area contributed by atoms with E-state index in [4.69, 9.17) is 5.73 Å². The van der Waals surface area contributed by atoms with Gasteiger partial charge < -0.3 is 11.1 Å². The van der Waals surface area contributed by atoms with E-state index in [2.05, 4.69) is 5.32 Å². The topological polar surface area (TPSA) is 72.2 Å². The molecule has 0 bridgehead atoms. The summed E-state index contributed by atoms with van der Waals surface area (Å²) in [4.78, 5) is 11.9. The minimum atomic E-state index is -1.07. The molecule has 0 spiro atoms. The van der Waals surface area contributed by atoms with Gasteiger partial charge in [-0.05, 0) is 25.0 Å². The summed E-state index contributed by atoms with van der Waals surface area (Å²) in [5.41, 5.74) is 6.87. The molecule has 0 radical (unpaired) electrons. The van der Waals surface area contributed by atoms with Crippen molar-refractivity contribution in [1.82, 2.24) is 0 Å². The number of nitrogen functional groups attached to an aromatic ring is 1. The molecule has 0 aromatic heterocycles. The average Bonchev–Trinajstić information content (AvgIpc) is 2.42. The van der Waals surface area contributed by atoms with E-state index < -0.39 is 10.8 Å². The van der Waals surface area contributed by atoms with E-state index in [-0.39, 0.29) is 16.9 Å². The highest BCUT2D eigenvalue weighted by Crippen LogP contribution is 2.22. The molecule has 1 amide bonds. The number of nitrogens with two attached hydrogens (primary N) is 1. The quantitative estimate of drug-likeness (QED) is 0.831. The Balaban J connectivity index is 1.87. The molecular weight excluding hydrogens is 260 g/mol. The van der Waals surface area contributed by atoms with Gasteiger partial charge in [-0.2, -0.15) is 0 Å². The highest BCUT2D eigenvalue weighted by Gasteiger charge is 2.21. The zero-order valence-electron chi connectivity index (χ0n) is 10.9. The predicted molar refractivity (Wildman–Crippen MR) is 79.4 cm³/mol. The van der Waals surface area contributed by atoms with Crippen LogP contribution in [0.5, 0.6) is 0 Å². The van der Waals surface area contributed by atoms with Gasteiger partial charge in [0.25, 0.3) is 0 Å². The van der Waals surface area contributed by atoms with Gasteiger partial charge in [-0.25, -0.2) is 0 Å². The van der Waals surface area contributed by atoms with Gasteiger partial charge in [0.15, 0.2) is 0 Å². The Morgan fingerprint density at radius 3 is 2.63 bits per heavy atom. The van der Waals surface area contributed by atoms with Crippen LogP contribution in [-0.4, -0.2) is 21.1 Å². The van der Waals surface area contributed by atoms with Crippen LogP contribution in [0.3, 0.4) is 0 Å². The van der Waals surface area contributed by atoms with Crippen LogP contribution < -0.4 is 11.1 Å². The summed E-state index contributed by atoms with van der Waals surface area (Å²) in [5, 5.41) is 2.91. The van der Waals surface area contributed by atoms with Crippen molar-refractivity contribution in [3.63, 3.8) is 0 Å². The third-order valence-electron chi connectivity index (χ3n) is 3.43. The SMILES string of the molecule is Nc1ccccc1NC(=O)CS(=O)C1CCCCC1. The molecule has 1 atom stereocenters. The summed E-state index contributed by atoms with van der Waals surface area (Å²) in [6.45, 7) is 0. The van der Waals surface area contributed by atoms with E-state index in [0.717, 1.165) is 25.7 Å². The highest BCUT2D eigenvalue weighted by molar-refractivity contribution is 7.86. The van der Waals surface area contributed by atoms with Crippen LogP contribution in [0.4, 0.5) is 11.4 Å². The summed E-state index contributed by atoms with van der Waals surface area (Å²) in [6, 6.07) is 7.10. The maximum absolute atomic E-state index is 12.1. The molecule has 4 nitrogen and oxygen atoms in total. The first-order valence-electron chi connectivity index (χ1n) is 6.68. The van der Waals surface area contributed by atoms with Gasteiger partial charge in [0, 0.05) is 16.0 Å².